The molecule has 78 valence electrons. The Morgan fingerprint density at radius 2 is 2.57 bits per heavy atom. The number of carbonyl (C=O) groups is 1. The molecule has 1 heterocycles. The van der Waals surface area contributed by atoms with E-state index in [1.807, 2.05) is 6.92 Å². The molecule has 0 amide bonds. The average Bonchev–Trinajstić information content (AvgIpc) is 2.68. The Kier molecular flexibility index (Phi) is 4.12. The smallest absolute Gasteiger partial charge is 0.323 e. The van der Waals surface area contributed by atoms with Crippen LogP contribution < -0.4 is 5.32 Å². The molecule has 0 aliphatic carbocycles. The number of aromatic amines is 1. The zero-order chi connectivity index (χ0) is 10.4. The van der Waals surface area contributed by atoms with Crippen LogP contribution in [0.25, 0.3) is 0 Å². The molecular formula is C9H15N3O2. The molecule has 0 bridgehead atoms. The quantitative estimate of drug-likeness (QED) is 0.657. The highest BCUT2D eigenvalue weighted by molar-refractivity contribution is 5.75. The van der Waals surface area contributed by atoms with Crippen molar-refractivity contribution in [2.24, 2.45) is 0 Å². The molecule has 0 radical (unpaired) electrons. The SMILES string of the molecule is CCN[C@H](Cc1c[nH]cn1)C(=O)OC. The number of likely N-dealkylation sites (N-methyl/N-ethyl adjacent to an activating group) is 1. The third kappa shape index (κ3) is 2.85. The molecule has 0 aliphatic heterocycles. The lowest BCUT2D eigenvalue weighted by molar-refractivity contribution is -0.143. The molecule has 0 saturated heterocycles. The summed E-state index contributed by atoms with van der Waals surface area (Å²) in [6, 6.07) is -0.312. The molecule has 0 aliphatic rings. The van der Waals surface area contributed by atoms with E-state index in [4.69, 9.17) is 0 Å². The fourth-order valence-electron chi connectivity index (χ4n) is 1.24. The van der Waals surface area contributed by atoms with E-state index < -0.39 is 0 Å². The second-order valence-corrected chi connectivity index (χ2v) is 2.90. The summed E-state index contributed by atoms with van der Waals surface area (Å²) in [5.41, 5.74) is 0.848. The van der Waals surface area contributed by atoms with Crippen molar-refractivity contribution in [3.63, 3.8) is 0 Å². The number of H-pyrrole nitrogens is 1. The van der Waals surface area contributed by atoms with Gasteiger partial charge < -0.3 is 15.0 Å². The zero-order valence-electron chi connectivity index (χ0n) is 8.41. The van der Waals surface area contributed by atoms with E-state index in [0.29, 0.717) is 6.42 Å². The highest BCUT2D eigenvalue weighted by Crippen LogP contribution is 1.99. The van der Waals surface area contributed by atoms with Gasteiger partial charge in [0.25, 0.3) is 0 Å². The van der Waals surface area contributed by atoms with Crippen LogP contribution in [0.15, 0.2) is 12.5 Å². The fraction of sp³-hybridized carbons (Fsp3) is 0.556. The maximum Gasteiger partial charge on any atom is 0.323 e. The topological polar surface area (TPSA) is 67.0 Å². The normalized spacial score (nSPS) is 12.4. The van der Waals surface area contributed by atoms with Gasteiger partial charge >= 0.3 is 5.97 Å². The summed E-state index contributed by atoms with van der Waals surface area (Å²) in [7, 11) is 1.39. The number of hydrogen-bond acceptors (Lipinski definition) is 4. The summed E-state index contributed by atoms with van der Waals surface area (Å²) < 4.78 is 4.67. The molecule has 1 atom stereocenters. The Bertz CT molecular complexity index is 272. The molecule has 0 aromatic carbocycles. The Hall–Kier alpha value is -1.36. The number of rotatable bonds is 5. The monoisotopic (exact) mass is 197 g/mol. The number of carbonyl (C=O) groups excluding carboxylic acids is 1. The number of imidazole rings is 1. The third-order valence-corrected chi connectivity index (χ3v) is 1.90. The molecule has 1 aromatic heterocycles. The lowest BCUT2D eigenvalue weighted by atomic mass is 10.1. The molecule has 1 aromatic rings. The van der Waals surface area contributed by atoms with Crippen LogP contribution in [-0.4, -0.2) is 35.6 Å². The first-order valence-corrected chi connectivity index (χ1v) is 4.56. The molecular weight excluding hydrogens is 182 g/mol. The van der Waals surface area contributed by atoms with Gasteiger partial charge in [-0.05, 0) is 6.54 Å². The van der Waals surface area contributed by atoms with Gasteiger partial charge in [0.2, 0.25) is 0 Å². The fourth-order valence-corrected chi connectivity index (χ4v) is 1.24. The highest BCUT2D eigenvalue weighted by atomic mass is 16.5. The van der Waals surface area contributed by atoms with Gasteiger partial charge in [0.1, 0.15) is 6.04 Å². The predicted octanol–water partition coefficient (Wildman–Crippen LogP) is 0.103. The van der Waals surface area contributed by atoms with E-state index in [2.05, 4.69) is 20.0 Å². The van der Waals surface area contributed by atoms with Crippen molar-refractivity contribution in [3.8, 4) is 0 Å². The van der Waals surface area contributed by atoms with Gasteiger partial charge in [-0.3, -0.25) is 4.79 Å². The van der Waals surface area contributed by atoms with Crippen LogP contribution in [0, 0.1) is 0 Å². The molecule has 5 heteroatoms. The second kappa shape index (κ2) is 5.39. The standard InChI is InChI=1S/C9H15N3O2/c1-3-11-8(9(13)14-2)4-7-5-10-6-12-7/h5-6,8,11H,3-4H2,1-2H3,(H,10,12)/t8-/m1/s1. The molecule has 5 nitrogen and oxygen atoms in total. The predicted molar refractivity (Wildman–Crippen MR) is 51.8 cm³/mol. The summed E-state index contributed by atoms with van der Waals surface area (Å²) in [6.45, 7) is 2.67. The molecule has 14 heavy (non-hydrogen) atoms. The van der Waals surface area contributed by atoms with Crippen LogP contribution >= 0.6 is 0 Å². The van der Waals surface area contributed by atoms with Gasteiger partial charge in [0.15, 0.2) is 0 Å². The molecule has 0 fully saturated rings. The summed E-state index contributed by atoms with van der Waals surface area (Å²) in [5, 5.41) is 3.04. The Labute approximate surface area is 82.9 Å². The van der Waals surface area contributed by atoms with Crippen molar-refractivity contribution in [3.05, 3.63) is 18.2 Å². The number of methoxy groups -OCH3 is 1. The summed E-state index contributed by atoms with van der Waals surface area (Å²) >= 11 is 0. The number of nitrogens with one attached hydrogen (secondary N) is 2. The van der Waals surface area contributed by atoms with Gasteiger partial charge in [-0.25, -0.2) is 4.98 Å². The first kappa shape index (κ1) is 10.7. The molecule has 0 spiro atoms. The van der Waals surface area contributed by atoms with Gasteiger partial charge in [0, 0.05) is 12.6 Å². The van der Waals surface area contributed by atoms with E-state index in [9.17, 15) is 4.79 Å². The molecule has 1 rings (SSSR count). The van der Waals surface area contributed by atoms with Crippen LogP contribution in [0.5, 0.6) is 0 Å². The van der Waals surface area contributed by atoms with Crippen molar-refractivity contribution in [1.29, 1.82) is 0 Å². The van der Waals surface area contributed by atoms with Crippen molar-refractivity contribution in [2.45, 2.75) is 19.4 Å². The number of hydrogen-bond donors (Lipinski definition) is 2. The molecule has 0 unspecified atom stereocenters. The Morgan fingerprint density at radius 3 is 3.07 bits per heavy atom. The van der Waals surface area contributed by atoms with E-state index in [0.717, 1.165) is 12.2 Å². The first-order chi connectivity index (χ1) is 6.77. The summed E-state index contributed by atoms with van der Waals surface area (Å²) in [6.07, 6.45) is 3.91. The van der Waals surface area contributed by atoms with E-state index in [1.165, 1.54) is 7.11 Å². The van der Waals surface area contributed by atoms with Crippen molar-refractivity contribution < 1.29 is 9.53 Å². The van der Waals surface area contributed by atoms with Crippen LogP contribution in [0.3, 0.4) is 0 Å². The Morgan fingerprint density at radius 1 is 1.79 bits per heavy atom. The van der Waals surface area contributed by atoms with Crippen LogP contribution in [0.1, 0.15) is 12.6 Å². The number of esters is 1. The molecule has 2 N–H and O–H groups in total. The number of ether oxygens (including phenoxy) is 1. The largest absolute Gasteiger partial charge is 0.468 e. The van der Waals surface area contributed by atoms with Crippen molar-refractivity contribution >= 4 is 5.97 Å². The number of nitrogens with zero attached hydrogens (tertiary/aromatic N) is 1. The van der Waals surface area contributed by atoms with E-state index in [-0.39, 0.29) is 12.0 Å². The van der Waals surface area contributed by atoms with E-state index in [1.54, 1.807) is 12.5 Å². The summed E-state index contributed by atoms with van der Waals surface area (Å²) in [4.78, 5) is 18.2. The second-order valence-electron chi connectivity index (χ2n) is 2.90. The Balaban J connectivity index is 2.55. The average molecular weight is 197 g/mol. The minimum atomic E-state index is -0.312. The maximum atomic E-state index is 11.3. The van der Waals surface area contributed by atoms with Crippen LogP contribution in [0.4, 0.5) is 0 Å². The maximum absolute atomic E-state index is 11.3. The zero-order valence-corrected chi connectivity index (χ0v) is 8.41. The van der Waals surface area contributed by atoms with Crippen LogP contribution in [0.2, 0.25) is 0 Å². The van der Waals surface area contributed by atoms with Gasteiger partial charge in [-0.15, -0.1) is 0 Å². The lowest BCUT2D eigenvalue weighted by Gasteiger charge is -2.13. The van der Waals surface area contributed by atoms with Crippen LogP contribution in [-0.2, 0) is 16.0 Å². The molecule has 0 saturated carbocycles. The first-order valence-electron chi connectivity index (χ1n) is 4.56. The van der Waals surface area contributed by atoms with Crippen molar-refractivity contribution in [1.82, 2.24) is 15.3 Å². The minimum Gasteiger partial charge on any atom is -0.468 e. The van der Waals surface area contributed by atoms with E-state index >= 15 is 0 Å². The summed E-state index contributed by atoms with van der Waals surface area (Å²) in [5.74, 6) is -0.255. The van der Waals surface area contributed by atoms with Gasteiger partial charge in [0.05, 0.1) is 19.1 Å². The van der Waals surface area contributed by atoms with Crippen molar-refractivity contribution in [2.75, 3.05) is 13.7 Å². The van der Waals surface area contributed by atoms with Gasteiger partial charge in [-0.2, -0.15) is 0 Å². The minimum absolute atomic E-state index is 0.255. The number of aromatic nitrogens is 2. The third-order valence-electron chi connectivity index (χ3n) is 1.90. The van der Waals surface area contributed by atoms with Gasteiger partial charge in [-0.1, -0.05) is 6.92 Å². The highest BCUT2D eigenvalue weighted by Gasteiger charge is 2.18. The lowest BCUT2D eigenvalue weighted by Crippen LogP contribution is -2.39.